The predicted octanol–water partition coefficient (Wildman–Crippen LogP) is 5.01. The van der Waals surface area contributed by atoms with Crippen molar-refractivity contribution in [2.75, 3.05) is 0 Å². The normalized spacial score (nSPS) is 54.2. The number of carbonyl (C=O) groups is 2. The smallest absolute Gasteiger partial charge is 0.310 e. The molecule has 0 saturated heterocycles. The highest BCUT2D eigenvalue weighted by Gasteiger charge is 2.79. The molecule has 1 N–H and O–H groups in total. The van der Waals surface area contributed by atoms with E-state index in [0.29, 0.717) is 29.6 Å². The van der Waals surface area contributed by atoms with Gasteiger partial charge in [-0.05, 0) is 103 Å². The van der Waals surface area contributed by atoms with Crippen LogP contribution in [0.5, 0.6) is 0 Å². The second-order valence-electron chi connectivity index (χ2n) is 13.2. The van der Waals surface area contributed by atoms with E-state index in [1.54, 1.807) is 0 Å². The Bertz CT molecular complexity index is 756. The minimum absolute atomic E-state index is 0.0581. The molecule has 0 radical (unpaired) electrons. The second-order valence-corrected chi connectivity index (χ2v) is 13.2. The third-order valence-corrected chi connectivity index (χ3v) is 10.9. The first-order valence-corrected chi connectivity index (χ1v) is 12.6. The fraction of sp³-hybridized carbons (Fsp3) is 0.923. The molecule has 1 spiro atoms. The van der Waals surface area contributed by atoms with Gasteiger partial charge in [-0.15, -0.1) is 0 Å². The number of hydrogen-bond acceptors (Lipinski definition) is 3. The molecular weight excluding hydrogens is 376 g/mol. The first-order valence-electron chi connectivity index (χ1n) is 12.6. The van der Waals surface area contributed by atoms with Crippen LogP contribution in [0.25, 0.3) is 0 Å². The summed E-state index contributed by atoms with van der Waals surface area (Å²) < 4.78 is 6.35. The van der Waals surface area contributed by atoms with Gasteiger partial charge >= 0.3 is 11.9 Å². The molecule has 30 heavy (non-hydrogen) atoms. The molecule has 0 amide bonds. The molecule has 7 saturated carbocycles. The first kappa shape index (κ1) is 19.6. The van der Waals surface area contributed by atoms with E-state index in [1.807, 2.05) is 0 Å². The van der Waals surface area contributed by atoms with Gasteiger partial charge in [-0.3, -0.25) is 9.59 Å². The maximum absolute atomic E-state index is 13.7. The zero-order valence-corrected chi connectivity index (χ0v) is 19.0. The van der Waals surface area contributed by atoms with E-state index in [4.69, 9.17) is 4.74 Å². The minimum atomic E-state index is -0.766. The van der Waals surface area contributed by atoms with Crippen LogP contribution in [0.4, 0.5) is 0 Å². The standard InChI is InChI=1S/C26H38O4/c1-12(2)18-17-10-26(11-25(3,4)22(18)26)20(19(17)23(27)28)24(29)30-21-15-6-13-5-14(8-15)9-16(21)7-13/h12-22H,5-11H2,1-4H3,(H,27,28). The summed E-state index contributed by atoms with van der Waals surface area (Å²) in [7, 11) is 0. The average Bonchev–Trinajstić information content (AvgIpc) is 3.12. The number of rotatable bonds is 4. The lowest BCUT2D eigenvalue weighted by atomic mass is 9.40. The van der Waals surface area contributed by atoms with Crippen molar-refractivity contribution in [1.29, 1.82) is 0 Å². The molecule has 166 valence electrons. The zero-order valence-electron chi connectivity index (χ0n) is 19.0. The molecule has 0 aliphatic heterocycles. The molecule has 7 aliphatic carbocycles. The van der Waals surface area contributed by atoms with Crippen molar-refractivity contribution in [2.24, 2.45) is 70.0 Å². The van der Waals surface area contributed by atoms with E-state index in [-0.39, 0.29) is 28.8 Å². The minimum Gasteiger partial charge on any atom is -0.481 e. The van der Waals surface area contributed by atoms with Gasteiger partial charge in [-0.25, -0.2) is 0 Å². The number of carboxylic acid groups (broad SMARTS) is 1. The van der Waals surface area contributed by atoms with Crippen LogP contribution in [0, 0.1) is 70.0 Å². The molecule has 4 nitrogen and oxygen atoms in total. The lowest BCUT2D eigenvalue weighted by Crippen LogP contribution is -2.62. The third-order valence-electron chi connectivity index (χ3n) is 10.9. The Labute approximate surface area is 180 Å². The molecule has 0 aromatic carbocycles. The molecule has 7 rings (SSSR count). The molecule has 7 fully saturated rings. The fourth-order valence-corrected chi connectivity index (χ4v) is 10.9. The van der Waals surface area contributed by atoms with Crippen LogP contribution in [0.3, 0.4) is 0 Å². The molecule has 0 heterocycles. The largest absolute Gasteiger partial charge is 0.481 e. The van der Waals surface area contributed by atoms with Crippen molar-refractivity contribution in [3.63, 3.8) is 0 Å². The Hall–Kier alpha value is -1.06. The maximum atomic E-state index is 13.7. The van der Waals surface area contributed by atoms with Crippen molar-refractivity contribution >= 4 is 11.9 Å². The van der Waals surface area contributed by atoms with Crippen LogP contribution in [0.1, 0.15) is 72.6 Å². The van der Waals surface area contributed by atoms with E-state index >= 15 is 0 Å². The molecule has 6 atom stereocenters. The average molecular weight is 415 g/mol. The number of esters is 1. The lowest BCUT2D eigenvalue weighted by molar-refractivity contribution is -0.212. The van der Waals surface area contributed by atoms with Gasteiger partial charge in [0.05, 0.1) is 11.8 Å². The summed E-state index contributed by atoms with van der Waals surface area (Å²) in [5.74, 6) is 2.33. The molecule has 4 heteroatoms. The van der Waals surface area contributed by atoms with E-state index in [2.05, 4.69) is 27.7 Å². The van der Waals surface area contributed by atoms with Crippen LogP contribution >= 0.6 is 0 Å². The van der Waals surface area contributed by atoms with Gasteiger partial charge in [-0.2, -0.15) is 0 Å². The third kappa shape index (κ3) is 2.34. The number of hydrogen-bond donors (Lipinski definition) is 1. The Morgan fingerprint density at radius 2 is 1.60 bits per heavy atom. The Kier molecular flexibility index (Phi) is 3.95. The van der Waals surface area contributed by atoms with Gasteiger partial charge in [0.2, 0.25) is 0 Å². The van der Waals surface area contributed by atoms with Gasteiger partial charge < -0.3 is 9.84 Å². The van der Waals surface area contributed by atoms with Crippen LogP contribution in [0.2, 0.25) is 0 Å². The highest BCUT2D eigenvalue weighted by atomic mass is 16.5. The van der Waals surface area contributed by atoms with Crippen molar-refractivity contribution in [3.05, 3.63) is 0 Å². The summed E-state index contributed by atoms with van der Waals surface area (Å²) >= 11 is 0. The van der Waals surface area contributed by atoms with Gasteiger partial charge in [0.1, 0.15) is 6.10 Å². The topological polar surface area (TPSA) is 63.6 Å². The summed E-state index contributed by atoms with van der Waals surface area (Å²) in [5.41, 5.74) is 0.0729. The number of aliphatic carboxylic acids is 1. The predicted molar refractivity (Wildman–Crippen MR) is 112 cm³/mol. The Morgan fingerprint density at radius 1 is 1.00 bits per heavy atom. The summed E-state index contributed by atoms with van der Waals surface area (Å²) in [6.45, 7) is 9.15. The number of ether oxygens (including phenoxy) is 1. The SMILES string of the molecule is CC(C)C1C2CC3(CC(C)(C)C13)C(C(=O)OC1C3CC4CC(C3)CC1C4)C2C(=O)O. The van der Waals surface area contributed by atoms with Crippen molar-refractivity contribution in [3.8, 4) is 0 Å². The maximum Gasteiger partial charge on any atom is 0.310 e. The van der Waals surface area contributed by atoms with Gasteiger partial charge in [0.25, 0.3) is 0 Å². The number of fused-ring (bicyclic) bond motifs is 1. The monoisotopic (exact) mass is 414 g/mol. The first-order chi connectivity index (χ1) is 14.1. The van der Waals surface area contributed by atoms with Crippen molar-refractivity contribution in [2.45, 2.75) is 78.7 Å². The summed E-state index contributed by atoms with van der Waals surface area (Å²) in [4.78, 5) is 26.2. The lowest BCUT2D eigenvalue weighted by Gasteiger charge is -2.64. The number of carboxylic acids is 1. The molecule has 7 aliphatic rings. The molecular formula is C26H38O4. The highest BCUT2D eigenvalue weighted by molar-refractivity contribution is 5.84. The van der Waals surface area contributed by atoms with Gasteiger partial charge in [0.15, 0.2) is 0 Å². The molecule has 6 bridgehead atoms. The quantitative estimate of drug-likeness (QED) is 0.657. The van der Waals surface area contributed by atoms with Crippen LogP contribution in [-0.4, -0.2) is 23.1 Å². The molecule has 0 aromatic heterocycles. The zero-order chi connectivity index (χ0) is 21.2. The van der Waals surface area contributed by atoms with Crippen molar-refractivity contribution in [1.82, 2.24) is 0 Å². The summed E-state index contributed by atoms with van der Waals surface area (Å²) in [6, 6.07) is 0. The molecule has 0 aromatic rings. The van der Waals surface area contributed by atoms with Crippen molar-refractivity contribution < 1.29 is 19.4 Å². The highest BCUT2D eigenvalue weighted by Crippen LogP contribution is 2.80. The number of carbonyl (C=O) groups excluding carboxylic acids is 1. The fourth-order valence-electron chi connectivity index (χ4n) is 10.9. The van der Waals surface area contributed by atoms with E-state index < -0.39 is 17.8 Å². The van der Waals surface area contributed by atoms with Crippen LogP contribution in [-0.2, 0) is 14.3 Å². The Morgan fingerprint density at radius 3 is 2.10 bits per heavy atom. The van der Waals surface area contributed by atoms with Crippen LogP contribution < -0.4 is 0 Å². The van der Waals surface area contributed by atoms with Gasteiger partial charge in [-0.1, -0.05) is 27.7 Å². The Balaban J connectivity index is 1.30. The summed E-state index contributed by atoms with van der Waals surface area (Å²) in [6.07, 6.45) is 8.22. The van der Waals surface area contributed by atoms with Crippen LogP contribution in [0.15, 0.2) is 0 Å². The summed E-state index contributed by atoms with van der Waals surface area (Å²) in [5, 5.41) is 10.2. The van der Waals surface area contributed by atoms with Gasteiger partial charge in [0, 0.05) is 0 Å². The van der Waals surface area contributed by atoms with E-state index in [9.17, 15) is 14.7 Å². The second kappa shape index (κ2) is 6.04. The van der Waals surface area contributed by atoms with E-state index in [1.165, 1.54) is 32.1 Å². The van der Waals surface area contributed by atoms with E-state index in [0.717, 1.165) is 24.7 Å². The molecule has 6 unspecified atom stereocenters.